The van der Waals surface area contributed by atoms with E-state index in [0.717, 1.165) is 10.6 Å². The molecule has 7 nitrogen and oxygen atoms in total. The van der Waals surface area contributed by atoms with Crippen molar-refractivity contribution in [3.63, 3.8) is 0 Å². The number of halogens is 1. The van der Waals surface area contributed by atoms with Crippen LogP contribution in [0.4, 0.5) is 0 Å². The summed E-state index contributed by atoms with van der Waals surface area (Å²) < 4.78 is 11.2. The van der Waals surface area contributed by atoms with Crippen molar-refractivity contribution >= 4 is 41.1 Å². The van der Waals surface area contributed by atoms with Gasteiger partial charge in [0.15, 0.2) is 11.5 Å². The predicted octanol–water partition coefficient (Wildman–Crippen LogP) is 4.35. The molecule has 0 bridgehead atoms. The minimum absolute atomic E-state index is 0.0331. The summed E-state index contributed by atoms with van der Waals surface area (Å²) in [5.41, 5.74) is 1.62. The molecule has 9 heteroatoms. The van der Waals surface area contributed by atoms with Gasteiger partial charge in [0.2, 0.25) is 5.11 Å². The first-order valence-electron chi connectivity index (χ1n) is 8.06. The van der Waals surface area contributed by atoms with E-state index in [4.69, 9.17) is 33.3 Å². The molecule has 1 amide bonds. The smallest absolute Gasteiger partial charge is 0.300 e. The Morgan fingerprint density at radius 3 is 2.68 bits per heavy atom. The number of carbonyl (C=O) groups excluding carboxylic acids is 1. The summed E-state index contributed by atoms with van der Waals surface area (Å²) in [6, 6.07) is 12.6. The normalized spacial score (nSPS) is 14.1. The van der Waals surface area contributed by atoms with Crippen molar-refractivity contribution in [3.05, 3.63) is 70.9 Å². The Labute approximate surface area is 171 Å². The second-order valence-electron chi connectivity index (χ2n) is 5.62. The van der Waals surface area contributed by atoms with E-state index in [9.17, 15) is 4.79 Å². The van der Waals surface area contributed by atoms with Crippen molar-refractivity contribution in [2.75, 3.05) is 7.11 Å². The van der Waals surface area contributed by atoms with E-state index in [0.29, 0.717) is 28.7 Å². The number of carbonyl (C=O) groups is 1. The lowest BCUT2D eigenvalue weighted by Gasteiger charge is -2.17. The first kappa shape index (κ1) is 19.7. The molecule has 3 rings (SSSR count). The summed E-state index contributed by atoms with van der Waals surface area (Å²) in [5, 5.41) is 12.9. The lowest BCUT2D eigenvalue weighted by Crippen LogP contribution is -2.33. The molecule has 0 radical (unpaired) electrons. The maximum atomic E-state index is 12.0. The highest BCUT2D eigenvalue weighted by Gasteiger charge is 2.24. The molecule has 28 heavy (non-hydrogen) atoms. The number of ether oxygens (including phenoxy) is 2. The number of hydrogen-bond acceptors (Lipinski definition) is 6. The van der Waals surface area contributed by atoms with Crippen molar-refractivity contribution in [1.29, 1.82) is 0 Å². The van der Waals surface area contributed by atoms with Crippen molar-refractivity contribution in [1.82, 2.24) is 5.01 Å². The lowest BCUT2D eigenvalue weighted by atomic mass is 10.2. The SMILES string of the molecule is C=C1N=NC(=S)N(/N=C/c2ccc(OCc3ccc(Cl)cc3)c(OC)c2)C1=O. The van der Waals surface area contributed by atoms with Crippen LogP contribution in [0.2, 0.25) is 5.02 Å². The zero-order valence-electron chi connectivity index (χ0n) is 14.8. The number of methoxy groups -OCH3 is 1. The van der Waals surface area contributed by atoms with Crippen molar-refractivity contribution in [2.24, 2.45) is 15.3 Å². The van der Waals surface area contributed by atoms with Crippen LogP contribution in [-0.2, 0) is 11.4 Å². The van der Waals surface area contributed by atoms with Gasteiger partial charge >= 0.3 is 5.91 Å². The third kappa shape index (κ3) is 4.59. The number of thiocarbonyl (C=S) groups is 1. The number of nitrogens with zero attached hydrogens (tertiary/aromatic N) is 4. The van der Waals surface area contributed by atoms with Gasteiger partial charge in [0.05, 0.1) is 13.3 Å². The Balaban J connectivity index is 1.73. The van der Waals surface area contributed by atoms with Crippen LogP contribution < -0.4 is 9.47 Å². The molecule has 0 unspecified atom stereocenters. The Morgan fingerprint density at radius 1 is 1.21 bits per heavy atom. The van der Waals surface area contributed by atoms with Crippen LogP contribution in [-0.4, -0.2) is 29.4 Å². The van der Waals surface area contributed by atoms with E-state index in [1.54, 1.807) is 37.4 Å². The first-order chi connectivity index (χ1) is 13.5. The zero-order chi connectivity index (χ0) is 20.1. The molecule has 2 aromatic carbocycles. The molecule has 1 aliphatic rings. The molecular formula is C19H15ClN4O3S. The van der Waals surface area contributed by atoms with Crippen LogP contribution in [0.25, 0.3) is 0 Å². The van der Waals surface area contributed by atoms with Gasteiger partial charge in [0, 0.05) is 5.02 Å². The number of amides is 1. The molecular weight excluding hydrogens is 400 g/mol. The quantitative estimate of drug-likeness (QED) is 0.400. The van der Waals surface area contributed by atoms with Crippen molar-refractivity contribution in [3.8, 4) is 11.5 Å². The van der Waals surface area contributed by atoms with Crippen molar-refractivity contribution in [2.45, 2.75) is 6.61 Å². The summed E-state index contributed by atoms with van der Waals surface area (Å²) >= 11 is 10.9. The maximum absolute atomic E-state index is 12.0. The van der Waals surface area contributed by atoms with Gasteiger partial charge < -0.3 is 9.47 Å². The van der Waals surface area contributed by atoms with Crippen LogP contribution in [0.1, 0.15) is 11.1 Å². The average Bonchev–Trinajstić information content (AvgIpc) is 2.70. The number of hydrazone groups is 1. The summed E-state index contributed by atoms with van der Waals surface area (Å²) in [5.74, 6) is 0.571. The standard InChI is InChI=1S/C19H15ClN4O3S/c1-12-18(25)24(19(28)23-22-12)21-10-14-5-8-16(17(9-14)26-2)27-11-13-3-6-15(20)7-4-13/h3-10H,1,11H2,2H3/b21-10+. The highest BCUT2D eigenvalue weighted by atomic mass is 35.5. The van der Waals surface area contributed by atoms with Gasteiger partial charge in [-0.2, -0.15) is 10.1 Å². The van der Waals surface area contributed by atoms with Gasteiger partial charge in [-0.3, -0.25) is 4.79 Å². The second kappa shape index (κ2) is 8.73. The molecule has 142 valence electrons. The molecule has 0 aliphatic carbocycles. The number of rotatable bonds is 6. The number of azo groups is 1. The monoisotopic (exact) mass is 414 g/mol. The fourth-order valence-corrected chi connectivity index (χ4v) is 2.55. The average molecular weight is 415 g/mol. The summed E-state index contributed by atoms with van der Waals surface area (Å²) in [6.07, 6.45) is 1.46. The molecule has 0 fully saturated rings. The summed E-state index contributed by atoms with van der Waals surface area (Å²) in [6.45, 7) is 3.86. The van der Waals surface area contributed by atoms with Crippen LogP contribution in [0.3, 0.4) is 0 Å². The molecule has 1 heterocycles. The van der Waals surface area contributed by atoms with Gasteiger partial charge in [-0.05, 0) is 53.7 Å². The summed E-state index contributed by atoms with van der Waals surface area (Å²) in [7, 11) is 1.54. The third-order valence-corrected chi connectivity index (χ3v) is 4.20. The number of hydrogen-bond donors (Lipinski definition) is 0. The minimum Gasteiger partial charge on any atom is -0.493 e. The predicted molar refractivity (Wildman–Crippen MR) is 110 cm³/mol. The molecule has 0 aromatic heterocycles. The van der Waals surface area contributed by atoms with E-state index < -0.39 is 5.91 Å². The molecule has 2 aromatic rings. The number of benzene rings is 2. The van der Waals surface area contributed by atoms with E-state index in [-0.39, 0.29) is 10.8 Å². The van der Waals surface area contributed by atoms with E-state index >= 15 is 0 Å². The van der Waals surface area contributed by atoms with E-state index in [1.807, 2.05) is 12.1 Å². The van der Waals surface area contributed by atoms with Gasteiger partial charge in [0.25, 0.3) is 0 Å². The molecule has 0 N–H and O–H groups in total. The van der Waals surface area contributed by atoms with Gasteiger partial charge in [-0.1, -0.05) is 30.3 Å². The van der Waals surface area contributed by atoms with E-state index in [2.05, 4.69) is 21.9 Å². The van der Waals surface area contributed by atoms with E-state index in [1.165, 1.54) is 6.21 Å². The van der Waals surface area contributed by atoms with Gasteiger partial charge in [-0.25, -0.2) is 0 Å². The van der Waals surface area contributed by atoms with Gasteiger partial charge in [0.1, 0.15) is 12.3 Å². The molecule has 0 saturated carbocycles. The highest BCUT2D eigenvalue weighted by Crippen LogP contribution is 2.28. The maximum Gasteiger partial charge on any atom is 0.300 e. The first-order valence-corrected chi connectivity index (χ1v) is 8.85. The fraction of sp³-hybridized carbons (Fsp3) is 0.105. The van der Waals surface area contributed by atoms with Crippen molar-refractivity contribution < 1.29 is 14.3 Å². The van der Waals surface area contributed by atoms with Crippen LogP contribution in [0.15, 0.2) is 70.1 Å². The Bertz CT molecular complexity index is 989. The van der Waals surface area contributed by atoms with Gasteiger partial charge in [-0.15, -0.1) is 10.2 Å². The Hall–Kier alpha value is -3.10. The molecule has 0 atom stereocenters. The lowest BCUT2D eigenvalue weighted by molar-refractivity contribution is -0.123. The highest BCUT2D eigenvalue weighted by molar-refractivity contribution is 7.80. The molecule has 1 aliphatic heterocycles. The Morgan fingerprint density at radius 2 is 1.96 bits per heavy atom. The largest absolute Gasteiger partial charge is 0.493 e. The fourth-order valence-electron chi connectivity index (χ4n) is 2.25. The minimum atomic E-state index is -0.522. The van der Waals surface area contributed by atoms with Crippen LogP contribution in [0.5, 0.6) is 11.5 Å². The van der Waals surface area contributed by atoms with Crippen LogP contribution in [0, 0.1) is 0 Å². The summed E-state index contributed by atoms with van der Waals surface area (Å²) in [4.78, 5) is 12.0. The molecule has 0 saturated heterocycles. The second-order valence-corrected chi connectivity index (χ2v) is 6.42. The van der Waals surface area contributed by atoms with Crippen LogP contribution >= 0.6 is 23.8 Å². The zero-order valence-corrected chi connectivity index (χ0v) is 16.4. The molecule has 0 spiro atoms. The topological polar surface area (TPSA) is 75.8 Å². The Kier molecular flexibility index (Phi) is 6.13. The third-order valence-electron chi connectivity index (χ3n) is 3.69.